The molecular weight excluding hydrogens is 147 g/mol. The molecule has 0 bridgehead atoms. The zero-order valence-electron chi connectivity index (χ0n) is 5.92. The van der Waals surface area contributed by atoms with Crippen molar-refractivity contribution in [3.63, 3.8) is 0 Å². The summed E-state index contributed by atoms with van der Waals surface area (Å²) >= 11 is 0. The first-order valence-electron chi connectivity index (χ1n) is 3.27. The highest BCUT2D eigenvalue weighted by Gasteiger charge is 2.00. The van der Waals surface area contributed by atoms with Crippen LogP contribution in [0.3, 0.4) is 0 Å². The van der Waals surface area contributed by atoms with Crippen molar-refractivity contribution < 1.29 is 14.6 Å². The van der Waals surface area contributed by atoms with Crippen molar-refractivity contribution in [3.05, 3.63) is 35.1 Å². The molecule has 0 aromatic heterocycles. The molecule has 0 heterocycles. The Morgan fingerprint density at radius 2 is 1.73 bits per heavy atom. The van der Waals surface area contributed by atoms with E-state index < -0.39 is 5.82 Å². The molecule has 1 aromatic carbocycles. The van der Waals surface area contributed by atoms with Gasteiger partial charge in [0.2, 0.25) is 0 Å². The van der Waals surface area contributed by atoms with E-state index in [-0.39, 0.29) is 13.2 Å². The van der Waals surface area contributed by atoms with Gasteiger partial charge in [-0.3, -0.25) is 0 Å². The summed E-state index contributed by atoms with van der Waals surface area (Å²) in [5, 5.41) is 17.4. The van der Waals surface area contributed by atoms with E-state index in [0.717, 1.165) is 0 Å². The van der Waals surface area contributed by atoms with Crippen LogP contribution in [-0.2, 0) is 13.2 Å². The lowest BCUT2D eigenvalue weighted by Crippen LogP contribution is -1.94. The number of aliphatic hydroxyl groups excluding tert-OH is 2. The highest BCUT2D eigenvalue weighted by Crippen LogP contribution is 2.10. The molecule has 11 heavy (non-hydrogen) atoms. The Balaban J connectivity index is 3.06. The van der Waals surface area contributed by atoms with Crippen LogP contribution < -0.4 is 0 Å². The molecule has 0 aliphatic carbocycles. The molecule has 0 saturated carbocycles. The molecule has 0 spiro atoms. The molecule has 1 rings (SSSR count). The Labute approximate surface area is 63.9 Å². The fraction of sp³-hybridized carbons (Fsp3) is 0.250. The minimum Gasteiger partial charge on any atom is -0.392 e. The summed E-state index contributed by atoms with van der Waals surface area (Å²) in [4.78, 5) is 0. The van der Waals surface area contributed by atoms with Crippen LogP contribution in [0.15, 0.2) is 18.2 Å². The summed E-state index contributed by atoms with van der Waals surface area (Å²) in [7, 11) is 0. The number of benzene rings is 1. The number of halogens is 1. The van der Waals surface area contributed by atoms with Crippen molar-refractivity contribution in [1.29, 1.82) is 0 Å². The lowest BCUT2D eigenvalue weighted by molar-refractivity contribution is 0.259. The first-order valence-corrected chi connectivity index (χ1v) is 3.27. The van der Waals surface area contributed by atoms with Gasteiger partial charge in [-0.1, -0.05) is 6.07 Å². The predicted molar refractivity (Wildman–Crippen MR) is 38.2 cm³/mol. The van der Waals surface area contributed by atoms with Gasteiger partial charge in [0, 0.05) is 0 Å². The molecule has 60 valence electrons. The van der Waals surface area contributed by atoms with Crippen LogP contribution in [-0.4, -0.2) is 10.2 Å². The molecule has 0 radical (unpaired) electrons. The van der Waals surface area contributed by atoms with E-state index in [2.05, 4.69) is 0 Å². The normalized spacial score (nSPS) is 10.1. The maximum absolute atomic E-state index is 12.5. The third-order valence-corrected chi connectivity index (χ3v) is 1.51. The molecule has 0 aliphatic rings. The van der Waals surface area contributed by atoms with Crippen LogP contribution in [0.2, 0.25) is 0 Å². The van der Waals surface area contributed by atoms with Crippen LogP contribution in [0.4, 0.5) is 4.39 Å². The second kappa shape index (κ2) is 3.46. The van der Waals surface area contributed by atoms with E-state index in [1.807, 2.05) is 0 Å². The molecule has 0 unspecified atom stereocenters. The van der Waals surface area contributed by atoms with Gasteiger partial charge in [0.05, 0.1) is 13.2 Å². The maximum atomic E-state index is 12.5. The molecule has 0 atom stereocenters. The average Bonchev–Trinajstić information content (AvgIpc) is 2.04. The Morgan fingerprint density at radius 3 is 2.27 bits per heavy atom. The Bertz CT molecular complexity index is 248. The Hall–Kier alpha value is -0.930. The average molecular weight is 156 g/mol. The van der Waals surface area contributed by atoms with Gasteiger partial charge in [0.15, 0.2) is 0 Å². The number of hydrogen-bond donors (Lipinski definition) is 2. The fourth-order valence-electron chi connectivity index (χ4n) is 0.896. The van der Waals surface area contributed by atoms with Gasteiger partial charge >= 0.3 is 0 Å². The van der Waals surface area contributed by atoms with Gasteiger partial charge < -0.3 is 10.2 Å². The molecule has 2 N–H and O–H groups in total. The van der Waals surface area contributed by atoms with Gasteiger partial charge in [-0.05, 0) is 23.3 Å². The number of aliphatic hydroxyl groups is 2. The monoisotopic (exact) mass is 156 g/mol. The molecule has 1 aromatic rings. The molecule has 3 heteroatoms. The quantitative estimate of drug-likeness (QED) is 0.665. The van der Waals surface area contributed by atoms with E-state index in [1.165, 1.54) is 18.2 Å². The molecule has 0 aliphatic heterocycles. The molecule has 2 nitrogen and oxygen atoms in total. The Kier molecular flexibility index (Phi) is 2.57. The van der Waals surface area contributed by atoms with Crippen LogP contribution in [0, 0.1) is 5.82 Å². The highest BCUT2D eigenvalue weighted by molar-refractivity contribution is 5.26. The zero-order valence-corrected chi connectivity index (χ0v) is 5.92. The highest BCUT2D eigenvalue weighted by atomic mass is 19.1. The smallest absolute Gasteiger partial charge is 0.123 e. The summed E-state index contributed by atoms with van der Waals surface area (Å²) < 4.78 is 12.5. The summed E-state index contributed by atoms with van der Waals surface area (Å²) in [6, 6.07) is 3.93. The lowest BCUT2D eigenvalue weighted by Gasteiger charge is -2.02. The largest absolute Gasteiger partial charge is 0.392 e. The van der Waals surface area contributed by atoms with Crippen molar-refractivity contribution >= 4 is 0 Å². The zero-order chi connectivity index (χ0) is 8.27. The maximum Gasteiger partial charge on any atom is 0.123 e. The van der Waals surface area contributed by atoms with Crippen LogP contribution in [0.5, 0.6) is 0 Å². The van der Waals surface area contributed by atoms with Crippen molar-refractivity contribution in [2.45, 2.75) is 13.2 Å². The van der Waals surface area contributed by atoms with E-state index in [0.29, 0.717) is 11.1 Å². The van der Waals surface area contributed by atoms with Crippen molar-refractivity contribution in [1.82, 2.24) is 0 Å². The van der Waals surface area contributed by atoms with Crippen LogP contribution in [0.25, 0.3) is 0 Å². The van der Waals surface area contributed by atoms with Crippen molar-refractivity contribution in [2.75, 3.05) is 0 Å². The Morgan fingerprint density at radius 1 is 1.09 bits per heavy atom. The van der Waals surface area contributed by atoms with Gasteiger partial charge in [0.1, 0.15) is 5.82 Å². The van der Waals surface area contributed by atoms with Crippen molar-refractivity contribution in [2.24, 2.45) is 0 Å². The molecule has 0 amide bonds. The predicted octanol–water partition coefficient (Wildman–Crippen LogP) is 0.810. The van der Waals surface area contributed by atoms with E-state index in [1.54, 1.807) is 0 Å². The molecular formula is C8H9FO2. The first-order chi connectivity index (χ1) is 5.27. The number of hydrogen-bond acceptors (Lipinski definition) is 2. The molecule has 0 saturated heterocycles. The third kappa shape index (κ3) is 1.76. The first kappa shape index (κ1) is 8.17. The van der Waals surface area contributed by atoms with E-state index >= 15 is 0 Å². The van der Waals surface area contributed by atoms with Gasteiger partial charge in [0.25, 0.3) is 0 Å². The summed E-state index contributed by atoms with van der Waals surface area (Å²) in [5.74, 6) is -0.397. The minimum absolute atomic E-state index is 0.170. The standard InChI is InChI=1S/C8H9FO2/c9-8-2-1-6(4-10)7(3-8)5-11/h1-3,10-11H,4-5H2. The minimum atomic E-state index is -0.397. The lowest BCUT2D eigenvalue weighted by atomic mass is 10.1. The summed E-state index contributed by atoms with van der Waals surface area (Å²) in [5.41, 5.74) is 1.00. The van der Waals surface area contributed by atoms with E-state index in [4.69, 9.17) is 10.2 Å². The van der Waals surface area contributed by atoms with Gasteiger partial charge in [-0.15, -0.1) is 0 Å². The van der Waals surface area contributed by atoms with Crippen LogP contribution >= 0.6 is 0 Å². The third-order valence-electron chi connectivity index (χ3n) is 1.51. The van der Waals surface area contributed by atoms with E-state index in [9.17, 15) is 4.39 Å². The van der Waals surface area contributed by atoms with Gasteiger partial charge in [-0.2, -0.15) is 0 Å². The fourth-order valence-corrected chi connectivity index (χ4v) is 0.896. The van der Waals surface area contributed by atoms with Gasteiger partial charge in [-0.25, -0.2) is 4.39 Å². The van der Waals surface area contributed by atoms with Crippen molar-refractivity contribution in [3.8, 4) is 0 Å². The number of rotatable bonds is 2. The van der Waals surface area contributed by atoms with Crippen LogP contribution in [0.1, 0.15) is 11.1 Å². The SMILES string of the molecule is OCc1ccc(F)cc1CO. The second-order valence-corrected chi connectivity index (χ2v) is 2.23. The topological polar surface area (TPSA) is 40.5 Å². The summed E-state index contributed by atoms with van der Waals surface area (Å²) in [6.07, 6.45) is 0. The summed E-state index contributed by atoms with van der Waals surface area (Å²) in [6.45, 7) is -0.413. The second-order valence-electron chi connectivity index (χ2n) is 2.23. The molecule has 0 fully saturated rings.